The van der Waals surface area contributed by atoms with Crippen molar-refractivity contribution in [2.75, 3.05) is 0 Å². The Balaban J connectivity index is 0.000000181. The number of nitrogens with one attached hydrogen (secondary N) is 1. The molecular weight excluding hydrogens is 334 g/mol. The molecule has 1 heterocycles. The van der Waals surface area contributed by atoms with Crippen molar-refractivity contribution in [3.8, 4) is 11.5 Å². The van der Waals surface area contributed by atoms with Gasteiger partial charge in [-0.15, -0.1) is 0 Å². The summed E-state index contributed by atoms with van der Waals surface area (Å²) in [6.45, 7) is 0. The van der Waals surface area contributed by atoms with Gasteiger partial charge in [-0.2, -0.15) is 0 Å². The van der Waals surface area contributed by atoms with Gasteiger partial charge < -0.3 is 20.4 Å². The van der Waals surface area contributed by atoms with Crippen molar-refractivity contribution in [2.24, 2.45) is 0 Å². The van der Waals surface area contributed by atoms with Crippen molar-refractivity contribution in [1.29, 1.82) is 0 Å². The minimum atomic E-state index is -1.38. The van der Waals surface area contributed by atoms with Crippen LogP contribution in [0.2, 0.25) is 0 Å². The topological polar surface area (TPSA) is 161 Å². The number of aromatic hydroxyl groups is 2. The lowest BCUT2D eigenvalue weighted by Crippen LogP contribution is -2.19. The standard InChI is InChI=1S/C8H5NO3.C8H6O5/c10-4-1-2-5-6(3-4)8(12)9-7(5)11;9-4-1-2-5(7(10)11)6(3-4)8(12)13/h1-3,10H,(H,9,11,12);1-3,9H,(H,10,11)(H,12,13). The summed E-state index contributed by atoms with van der Waals surface area (Å²) in [4.78, 5) is 43.0. The summed E-state index contributed by atoms with van der Waals surface area (Å²) in [6.07, 6.45) is 0. The third-order valence-corrected chi connectivity index (χ3v) is 3.18. The molecule has 0 saturated heterocycles. The summed E-state index contributed by atoms with van der Waals surface area (Å²) >= 11 is 0. The molecular formula is C16H11NO8. The number of benzene rings is 2. The van der Waals surface area contributed by atoms with Gasteiger partial charge in [0.15, 0.2) is 0 Å². The number of hydrogen-bond acceptors (Lipinski definition) is 6. The van der Waals surface area contributed by atoms with E-state index in [1.807, 2.05) is 0 Å². The van der Waals surface area contributed by atoms with Crippen LogP contribution in [0.4, 0.5) is 0 Å². The van der Waals surface area contributed by atoms with Gasteiger partial charge in [0.05, 0.1) is 22.3 Å². The van der Waals surface area contributed by atoms with Crippen LogP contribution in [0.25, 0.3) is 0 Å². The SMILES string of the molecule is O=C(O)c1ccc(O)cc1C(=O)O.O=C1NC(=O)c2cc(O)ccc21. The van der Waals surface area contributed by atoms with Crippen molar-refractivity contribution >= 4 is 23.8 Å². The molecule has 0 spiro atoms. The Morgan fingerprint density at radius 1 is 0.720 bits per heavy atom. The fraction of sp³-hybridized carbons (Fsp3) is 0. The van der Waals surface area contributed by atoms with Gasteiger partial charge in [-0.3, -0.25) is 14.9 Å². The smallest absolute Gasteiger partial charge is 0.336 e. The van der Waals surface area contributed by atoms with Crippen LogP contribution in [0, 0.1) is 0 Å². The van der Waals surface area contributed by atoms with Crippen LogP contribution < -0.4 is 5.32 Å². The summed E-state index contributed by atoms with van der Waals surface area (Å²) in [5.41, 5.74) is -0.212. The third kappa shape index (κ3) is 3.72. The Morgan fingerprint density at radius 2 is 1.24 bits per heavy atom. The van der Waals surface area contributed by atoms with Crippen LogP contribution in [0.3, 0.4) is 0 Å². The Bertz CT molecular complexity index is 903. The number of carboxylic acids is 2. The number of rotatable bonds is 2. The highest BCUT2D eigenvalue weighted by atomic mass is 16.4. The van der Waals surface area contributed by atoms with Crippen molar-refractivity contribution in [2.45, 2.75) is 0 Å². The highest BCUT2D eigenvalue weighted by Gasteiger charge is 2.26. The molecule has 0 unspecified atom stereocenters. The predicted octanol–water partition coefficient (Wildman–Crippen LogP) is 1.06. The highest BCUT2D eigenvalue weighted by molar-refractivity contribution is 6.21. The van der Waals surface area contributed by atoms with Crippen molar-refractivity contribution < 1.29 is 39.6 Å². The lowest BCUT2D eigenvalue weighted by atomic mass is 10.1. The molecule has 0 fully saturated rings. The summed E-state index contributed by atoms with van der Waals surface area (Å²) in [7, 11) is 0. The van der Waals surface area contributed by atoms with Crippen molar-refractivity contribution in [3.05, 3.63) is 58.7 Å². The first-order valence-corrected chi connectivity index (χ1v) is 6.69. The fourth-order valence-corrected chi connectivity index (χ4v) is 2.05. The number of carbonyl (C=O) groups excluding carboxylic acids is 2. The van der Waals surface area contributed by atoms with Gasteiger partial charge in [-0.1, -0.05) is 0 Å². The van der Waals surface area contributed by atoms with Gasteiger partial charge in [0.2, 0.25) is 0 Å². The number of carboxylic acid groups (broad SMARTS) is 2. The summed E-state index contributed by atoms with van der Waals surface area (Å²) < 4.78 is 0. The van der Waals surface area contributed by atoms with Crippen molar-refractivity contribution in [1.82, 2.24) is 5.32 Å². The van der Waals surface area contributed by atoms with Crippen LogP contribution in [-0.2, 0) is 0 Å². The molecule has 0 radical (unpaired) electrons. The number of fused-ring (bicyclic) bond motifs is 1. The lowest BCUT2D eigenvalue weighted by molar-refractivity contribution is 0.0651. The molecule has 5 N–H and O–H groups in total. The lowest BCUT2D eigenvalue weighted by Gasteiger charge is -2.00. The molecule has 3 rings (SSSR count). The van der Waals surface area contributed by atoms with Crippen molar-refractivity contribution in [3.63, 3.8) is 0 Å². The van der Waals surface area contributed by atoms with E-state index in [2.05, 4.69) is 5.32 Å². The first kappa shape index (κ1) is 17.5. The Kier molecular flexibility index (Phi) is 4.69. The maximum Gasteiger partial charge on any atom is 0.336 e. The van der Waals surface area contributed by atoms with Gasteiger partial charge in [-0.25, -0.2) is 9.59 Å². The normalized spacial score (nSPS) is 11.8. The number of imide groups is 1. The van der Waals surface area contributed by atoms with E-state index in [0.29, 0.717) is 5.56 Å². The predicted molar refractivity (Wildman–Crippen MR) is 81.9 cm³/mol. The molecule has 0 bridgehead atoms. The molecule has 0 aromatic heterocycles. The number of phenolic OH excluding ortho intramolecular Hbond substituents is 2. The maximum absolute atomic E-state index is 11.0. The molecule has 2 aromatic rings. The summed E-state index contributed by atoms with van der Waals surface area (Å²) in [5.74, 6) is -3.87. The van der Waals surface area contributed by atoms with Gasteiger partial charge >= 0.3 is 11.9 Å². The first-order chi connectivity index (χ1) is 11.7. The molecule has 9 nitrogen and oxygen atoms in total. The molecule has 128 valence electrons. The fourth-order valence-electron chi connectivity index (χ4n) is 2.05. The van der Waals surface area contributed by atoms with Crippen LogP contribution in [-0.4, -0.2) is 44.2 Å². The van der Waals surface area contributed by atoms with E-state index in [1.54, 1.807) is 0 Å². The molecule has 2 amide bonds. The zero-order valence-corrected chi connectivity index (χ0v) is 12.4. The van der Waals surface area contributed by atoms with Gasteiger partial charge in [-0.05, 0) is 36.4 Å². The summed E-state index contributed by atoms with van der Waals surface area (Å²) in [6, 6.07) is 7.13. The highest BCUT2D eigenvalue weighted by Crippen LogP contribution is 2.20. The molecule has 25 heavy (non-hydrogen) atoms. The molecule has 1 aliphatic heterocycles. The number of carbonyl (C=O) groups is 4. The molecule has 0 atom stereocenters. The summed E-state index contributed by atoms with van der Waals surface area (Å²) in [5, 5.41) is 37.2. The van der Waals surface area contributed by atoms with E-state index in [0.717, 1.165) is 18.2 Å². The maximum atomic E-state index is 11.0. The Labute approximate surface area is 139 Å². The van der Waals surface area contributed by atoms with Crippen LogP contribution in [0.1, 0.15) is 41.4 Å². The third-order valence-electron chi connectivity index (χ3n) is 3.18. The van der Waals surface area contributed by atoms with Crippen LogP contribution in [0.15, 0.2) is 36.4 Å². The number of amides is 2. The molecule has 0 aliphatic carbocycles. The average Bonchev–Trinajstić information content (AvgIpc) is 2.81. The minimum absolute atomic E-state index is 0.0152. The largest absolute Gasteiger partial charge is 0.508 e. The molecule has 1 aliphatic rings. The zero-order chi connectivity index (χ0) is 18.7. The van der Waals surface area contributed by atoms with E-state index in [-0.39, 0.29) is 22.6 Å². The van der Waals surface area contributed by atoms with Crippen LogP contribution >= 0.6 is 0 Å². The molecule has 9 heteroatoms. The second kappa shape index (κ2) is 6.71. The Morgan fingerprint density at radius 3 is 1.84 bits per heavy atom. The van der Waals surface area contributed by atoms with E-state index >= 15 is 0 Å². The number of hydrogen-bond donors (Lipinski definition) is 5. The van der Waals surface area contributed by atoms with Gasteiger partial charge in [0, 0.05) is 0 Å². The molecule has 2 aromatic carbocycles. The van der Waals surface area contributed by atoms with E-state index in [1.165, 1.54) is 18.2 Å². The second-order valence-corrected chi connectivity index (χ2v) is 4.85. The average molecular weight is 345 g/mol. The van der Waals surface area contributed by atoms with E-state index in [9.17, 15) is 19.2 Å². The zero-order valence-electron chi connectivity index (χ0n) is 12.4. The van der Waals surface area contributed by atoms with E-state index < -0.39 is 29.3 Å². The monoisotopic (exact) mass is 345 g/mol. The number of aromatic carboxylic acids is 2. The first-order valence-electron chi connectivity index (χ1n) is 6.69. The number of phenols is 2. The quantitative estimate of drug-likeness (QED) is 0.505. The second-order valence-electron chi connectivity index (χ2n) is 4.85. The minimum Gasteiger partial charge on any atom is -0.508 e. The van der Waals surface area contributed by atoms with Crippen LogP contribution in [0.5, 0.6) is 11.5 Å². The van der Waals surface area contributed by atoms with Gasteiger partial charge in [0.1, 0.15) is 11.5 Å². The van der Waals surface area contributed by atoms with Gasteiger partial charge in [0.25, 0.3) is 11.8 Å². The molecule has 0 saturated carbocycles. The van der Waals surface area contributed by atoms with E-state index in [4.69, 9.17) is 20.4 Å². The Hall–Kier alpha value is -3.88.